The van der Waals surface area contributed by atoms with Crippen molar-refractivity contribution in [2.75, 3.05) is 6.26 Å². The van der Waals surface area contributed by atoms with E-state index in [9.17, 15) is 0 Å². The molecular formula is C19H32N2S2Sn. The van der Waals surface area contributed by atoms with Crippen molar-refractivity contribution in [2.24, 2.45) is 0 Å². The number of hydrogen-bond acceptors (Lipinski definition) is 3. The molecule has 0 saturated carbocycles. The monoisotopic (exact) mass is 472 g/mol. The summed E-state index contributed by atoms with van der Waals surface area (Å²) in [7, 11) is 0. The summed E-state index contributed by atoms with van der Waals surface area (Å²) in [5.41, 5.74) is 0. The fourth-order valence-electron chi connectivity index (χ4n) is 3.35. The second-order valence-corrected chi connectivity index (χ2v) is 14.9. The zero-order chi connectivity index (χ0) is 17.4. The van der Waals surface area contributed by atoms with Gasteiger partial charge in [0.2, 0.25) is 0 Å². The van der Waals surface area contributed by atoms with E-state index in [1.165, 1.54) is 67.6 Å². The van der Waals surface area contributed by atoms with Crippen LogP contribution in [0.1, 0.15) is 78.6 Å². The Balaban J connectivity index is 2.23. The molecule has 0 atom stereocenters. The zero-order valence-electron chi connectivity index (χ0n) is 15.7. The zero-order valence-corrected chi connectivity index (χ0v) is 20.2. The molecule has 0 aliphatic rings. The predicted molar refractivity (Wildman–Crippen MR) is 112 cm³/mol. The van der Waals surface area contributed by atoms with Crippen molar-refractivity contribution < 1.29 is 0 Å². The Labute approximate surface area is 166 Å². The van der Waals surface area contributed by atoms with Crippen molar-refractivity contribution in [2.45, 2.75) is 87.0 Å². The van der Waals surface area contributed by atoms with Gasteiger partial charge in [-0.2, -0.15) is 0 Å². The number of aromatic nitrogens is 2. The van der Waals surface area contributed by atoms with Crippen LogP contribution in [0, 0.1) is 0 Å². The molecule has 2 rings (SSSR count). The molecule has 0 fully saturated rings. The van der Waals surface area contributed by atoms with Crippen molar-refractivity contribution in [3.8, 4) is 0 Å². The van der Waals surface area contributed by atoms with Gasteiger partial charge in [0.25, 0.3) is 0 Å². The molecule has 2 nitrogen and oxygen atoms in total. The molecule has 0 bridgehead atoms. The van der Waals surface area contributed by atoms with Crippen LogP contribution in [-0.2, 0) is 0 Å². The topological polar surface area (TPSA) is 17.3 Å². The second-order valence-electron chi connectivity index (χ2n) is 6.78. The van der Waals surface area contributed by atoms with Crippen molar-refractivity contribution in [3.05, 3.63) is 12.5 Å². The maximum atomic E-state index is 4.52. The van der Waals surface area contributed by atoms with Gasteiger partial charge in [-0.05, 0) is 0 Å². The number of thiazole rings is 1. The molecule has 24 heavy (non-hydrogen) atoms. The van der Waals surface area contributed by atoms with Gasteiger partial charge in [0.15, 0.2) is 0 Å². The van der Waals surface area contributed by atoms with Gasteiger partial charge in [0.05, 0.1) is 0 Å². The Morgan fingerprint density at radius 2 is 1.67 bits per heavy atom. The number of nitrogens with zero attached hydrogens (tertiary/aromatic N) is 2. The molecule has 2 aromatic rings. The predicted octanol–water partition coefficient (Wildman–Crippen LogP) is 6.18. The van der Waals surface area contributed by atoms with Crippen LogP contribution in [0.5, 0.6) is 0 Å². The van der Waals surface area contributed by atoms with Crippen LogP contribution in [0.3, 0.4) is 0 Å². The first-order valence-electron chi connectivity index (χ1n) is 9.46. The van der Waals surface area contributed by atoms with E-state index in [0.717, 1.165) is 0 Å². The molecule has 0 amide bonds. The average molecular weight is 471 g/mol. The Bertz CT molecular complexity index is 584. The van der Waals surface area contributed by atoms with Gasteiger partial charge >= 0.3 is 167 Å². The van der Waals surface area contributed by atoms with E-state index in [2.05, 4.69) is 42.6 Å². The summed E-state index contributed by atoms with van der Waals surface area (Å²) >= 11 is 3.22. The fraction of sp³-hybridized carbons (Fsp3) is 0.737. The van der Waals surface area contributed by atoms with E-state index in [4.69, 9.17) is 0 Å². The van der Waals surface area contributed by atoms with Crippen LogP contribution >= 0.6 is 23.1 Å². The minimum atomic E-state index is -0.597. The van der Waals surface area contributed by atoms with Crippen LogP contribution < -0.4 is 2.89 Å². The van der Waals surface area contributed by atoms with Gasteiger partial charge in [-0.3, -0.25) is 0 Å². The normalized spacial score (nSPS) is 12.3. The van der Waals surface area contributed by atoms with Crippen molar-refractivity contribution >= 4 is 52.0 Å². The van der Waals surface area contributed by atoms with Gasteiger partial charge < -0.3 is 0 Å². The molecule has 0 spiro atoms. The van der Waals surface area contributed by atoms with Crippen molar-refractivity contribution in [3.63, 3.8) is 0 Å². The number of imidazole rings is 1. The molecule has 5 heteroatoms. The molecule has 0 aromatic carbocycles. The minimum absolute atomic E-state index is 0.597. The molecule has 2 heterocycles. The molecule has 0 saturated heterocycles. The summed E-state index contributed by atoms with van der Waals surface area (Å²) in [4.78, 5) is 5.88. The third-order valence-electron chi connectivity index (χ3n) is 4.79. The van der Waals surface area contributed by atoms with E-state index in [-0.39, 0.29) is 0 Å². The summed E-state index contributed by atoms with van der Waals surface area (Å²) in [6.07, 6.45) is 19.2. The van der Waals surface area contributed by atoms with Crippen LogP contribution in [0.2, 0.25) is 3.43 Å². The molecule has 2 aromatic heterocycles. The number of unbranched alkanes of at least 4 members (excludes halogenated alkanes) is 3. The Morgan fingerprint density at radius 1 is 1.08 bits per heavy atom. The van der Waals surface area contributed by atoms with Crippen LogP contribution in [0.25, 0.3) is 4.83 Å². The maximum absolute atomic E-state index is 4.52. The molecule has 0 N–H and O–H groups in total. The number of thioether (sulfide) groups is 1. The van der Waals surface area contributed by atoms with Gasteiger partial charge in [-0.1, -0.05) is 0 Å². The fourth-order valence-corrected chi connectivity index (χ4v) is 12.3. The average Bonchev–Trinajstić information content (AvgIpc) is 3.15. The van der Waals surface area contributed by atoms with Gasteiger partial charge in [-0.15, -0.1) is 0 Å². The SMILES string of the molecule is CCCC[C](CCCC)(CCCC)[Sn][c]1cn2cnc(SC)c2s1. The summed E-state index contributed by atoms with van der Waals surface area (Å²) in [5.74, 6) is 0. The first-order valence-corrected chi connectivity index (χ1v) is 14.4. The Morgan fingerprint density at radius 3 is 2.17 bits per heavy atom. The van der Waals surface area contributed by atoms with Crippen LogP contribution in [-0.4, -0.2) is 36.8 Å². The molecule has 2 radical (unpaired) electrons. The van der Waals surface area contributed by atoms with Gasteiger partial charge in [0, 0.05) is 0 Å². The number of fused-ring (bicyclic) bond motifs is 1. The molecule has 0 aliphatic heterocycles. The third-order valence-corrected chi connectivity index (χ3v) is 12.8. The molecule has 0 unspecified atom stereocenters. The molecule has 134 valence electrons. The third kappa shape index (κ3) is 5.41. The summed E-state index contributed by atoms with van der Waals surface area (Å²) < 4.78 is 4.67. The van der Waals surface area contributed by atoms with E-state index >= 15 is 0 Å². The van der Waals surface area contributed by atoms with E-state index in [1.807, 2.05) is 17.7 Å². The van der Waals surface area contributed by atoms with E-state index in [1.54, 1.807) is 14.7 Å². The number of rotatable bonds is 12. The standard InChI is InChI=1S/C13H27.C6H5N2S2.Sn/c1-4-7-10-13(11-8-5-2)12-9-6-3;1-9-5-6-8(4-7-5)2-3-10-6;/h4-12H2,1-3H3;2,4H,1H3;. The summed E-state index contributed by atoms with van der Waals surface area (Å²) in [6, 6.07) is 0. The second kappa shape index (κ2) is 10.5. The molecular weight excluding hydrogens is 439 g/mol. The van der Waals surface area contributed by atoms with E-state index in [0.29, 0.717) is 3.43 Å². The number of hydrogen-bond donors (Lipinski definition) is 0. The quantitative estimate of drug-likeness (QED) is 0.272. The van der Waals surface area contributed by atoms with Crippen molar-refractivity contribution in [1.29, 1.82) is 0 Å². The molecule has 0 aliphatic carbocycles. The van der Waals surface area contributed by atoms with Crippen LogP contribution in [0.4, 0.5) is 0 Å². The first kappa shape index (κ1) is 20.6. The van der Waals surface area contributed by atoms with E-state index < -0.39 is 21.1 Å². The Kier molecular flexibility index (Phi) is 8.99. The first-order chi connectivity index (χ1) is 11.7. The van der Waals surface area contributed by atoms with Gasteiger partial charge in [0.1, 0.15) is 0 Å². The summed E-state index contributed by atoms with van der Waals surface area (Å²) in [6.45, 7) is 7.05. The Hall–Kier alpha value is 0.319. The van der Waals surface area contributed by atoms with Gasteiger partial charge in [-0.25, -0.2) is 0 Å². The summed E-state index contributed by atoms with van der Waals surface area (Å²) in [5, 5.41) is 1.20. The van der Waals surface area contributed by atoms with Crippen molar-refractivity contribution in [1.82, 2.24) is 9.38 Å². The van der Waals surface area contributed by atoms with Crippen LogP contribution in [0.15, 0.2) is 17.6 Å².